The number of furan rings is 1. The highest BCUT2D eigenvalue weighted by atomic mass is 16.5. The van der Waals surface area contributed by atoms with Gasteiger partial charge in [0, 0.05) is 0 Å². The third kappa shape index (κ3) is 6.28. The molecule has 0 saturated carbocycles. The van der Waals surface area contributed by atoms with Gasteiger partial charge in [0.1, 0.15) is 25.0 Å². The molecule has 1 fully saturated rings. The average molecular weight is 427 g/mol. The van der Waals surface area contributed by atoms with Crippen LogP contribution in [0.4, 0.5) is 0 Å². The molecule has 0 radical (unpaired) electrons. The van der Waals surface area contributed by atoms with Crippen LogP contribution in [0.25, 0.3) is 0 Å². The zero-order valence-electron chi connectivity index (χ0n) is 18.2. The number of Topliss-reactive ketones (excluding diaryl/α,β-unsaturated/α-hetero) is 1. The summed E-state index contributed by atoms with van der Waals surface area (Å²) in [7, 11) is 0. The molecule has 7 heteroatoms. The molecule has 2 amide bonds. The zero-order chi connectivity index (χ0) is 22.4. The lowest BCUT2D eigenvalue weighted by Gasteiger charge is -2.30. The Hall–Kier alpha value is -2.93. The minimum Gasteiger partial charge on any atom is -0.472 e. The average Bonchev–Trinajstić information content (AvgIpc) is 3.39. The van der Waals surface area contributed by atoms with Gasteiger partial charge in [-0.15, -0.1) is 0 Å². The quantitative estimate of drug-likeness (QED) is 0.643. The van der Waals surface area contributed by atoms with E-state index >= 15 is 0 Å². The van der Waals surface area contributed by atoms with Crippen LogP contribution in [0.5, 0.6) is 0 Å². The molecule has 7 nitrogen and oxygen atoms in total. The van der Waals surface area contributed by atoms with E-state index in [1.807, 2.05) is 18.2 Å². The molecule has 0 bridgehead atoms. The van der Waals surface area contributed by atoms with Crippen molar-refractivity contribution < 1.29 is 23.5 Å². The molecule has 166 valence electrons. The van der Waals surface area contributed by atoms with Gasteiger partial charge in [-0.1, -0.05) is 44.2 Å². The molecular formula is C24H30N2O5. The zero-order valence-corrected chi connectivity index (χ0v) is 18.2. The van der Waals surface area contributed by atoms with Crippen LogP contribution in [0.3, 0.4) is 0 Å². The summed E-state index contributed by atoms with van der Waals surface area (Å²) in [6, 6.07) is 10.2. The molecule has 2 aromatic rings. The van der Waals surface area contributed by atoms with Crippen molar-refractivity contribution in [2.24, 2.45) is 5.41 Å². The third-order valence-corrected chi connectivity index (χ3v) is 5.70. The number of hydrogen-bond donors (Lipinski definition) is 2. The summed E-state index contributed by atoms with van der Waals surface area (Å²) in [5.74, 6) is -0.945. The number of amides is 2. The lowest BCUT2D eigenvalue weighted by atomic mass is 9.80. The molecule has 1 aromatic heterocycles. The number of nitrogens with one attached hydrogen (secondary N) is 2. The first-order valence-corrected chi connectivity index (χ1v) is 10.6. The predicted octanol–water partition coefficient (Wildman–Crippen LogP) is 2.90. The number of hydrogen-bond acceptors (Lipinski definition) is 5. The van der Waals surface area contributed by atoms with Gasteiger partial charge >= 0.3 is 0 Å². The number of rotatable bonds is 9. The van der Waals surface area contributed by atoms with Crippen LogP contribution in [0.1, 0.15) is 49.5 Å². The van der Waals surface area contributed by atoms with E-state index in [9.17, 15) is 14.4 Å². The van der Waals surface area contributed by atoms with Crippen LogP contribution in [0.15, 0.2) is 53.3 Å². The highest BCUT2D eigenvalue weighted by molar-refractivity contribution is 5.98. The fourth-order valence-electron chi connectivity index (χ4n) is 3.74. The lowest BCUT2D eigenvalue weighted by Crippen LogP contribution is -2.54. The van der Waals surface area contributed by atoms with Gasteiger partial charge in [0.15, 0.2) is 5.78 Å². The molecule has 0 spiro atoms. The maximum Gasteiger partial charge on any atom is 0.255 e. The van der Waals surface area contributed by atoms with Gasteiger partial charge in [0.2, 0.25) is 5.91 Å². The summed E-state index contributed by atoms with van der Waals surface area (Å²) in [5, 5.41) is 5.59. The second-order valence-corrected chi connectivity index (χ2v) is 8.86. The topological polar surface area (TPSA) is 97.6 Å². The van der Waals surface area contributed by atoms with Crippen molar-refractivity contribution in [2.45, 2.75) is 58.2 Å². The number of carbonyl (C=O) groups excluding carboxylic acids is 3. The van der Waals surface area contributed by atoms with Crippen LogP contribution < -0.4 is 10.6 Å². The molecule has 3 rings (SSSR count). The smallest absolute Gasteiger partial charge is 0.255 e. The first kappa shape index (κ1) is 22.7. The first-order chi connectivity index (χ1) is 14.7. The molecule has 1 aliphatic rings. The van der Waals surface area contributed by atoms with Gasteiger partial charge in [-0.2, -0.15) is 0 Å². The summed E-state index contributed by atoms with van der Waals surface area (Å²) in [6.45, 7) is 5.89. The largest absolute Gasteiger partial charge is 0.472 e. The van der Waals surface area contributed by atoms with E-state index in [-0.39, 0.29) is 23.7 Å². The van der Waals surface area contributed by atoms with Gasteiger partial charge in [0.05, 0.1) is 17.9 Å². The summed E-state index contributed by atoms with van der Waals surface area (Å²) in [5.41, 5.74) is 1.33. The van der Waals surface area contributed by atoms with Crippen LogP contribution in [-0.4, -0.2) is 42.4 Å². The molecule has 0 aliphatic carbocycles. The van der Waals surface area contributed by atoms with Crippen molar-refractivity contribution in [3.8, 4) is 0 Å². The van der Waals surface area contributed by atoms with Gasteiger partial charge in [-0.3, -0.25) is 14.4 Å². The number of carbonyl (C=O) groups is 3. The lowest BCUT2D eigenvalue weighted by molar-refractivity contribution is -0.128. The minimum atomic E-state index is -0.797. The Balaban J connectivity index is 1.70. The standard InChI is InChI=1S/C24H30N2O5/c1-16-21(20(27)15-31-16)26-23(29)19(25-22(28)18-10-12-30-14-18)13-24(2,3)11-9-17-7-5-4-6-8-17/h4-8,10,12,14,16,19,21H,9,11,13,15H2,1-3H3,(H,25,28)(H,26,29)/t16-,19-,21-/m0/s1. The van der Waals surface area contributed by atoms with Crippen molar-refractivity contribution in [3.63, 3.8) is 0 Å². The van der Waals surface area contributed by atoms with Crippen molar-refractivity contribution in [1.29, 1.82) is 0 Å². The van der Waals surface area contributed by atoms with Crippen LogP contribution in [0.2, 0.25) is 0 Å². The SMILES string of the molecule is C[C@@H]1OCC(=O)[C@H]1NC(=O)[C@H](CC(C)(C)CCc1ccccc1)NC(=O)c1ccoc1. The second-order valence-electron chi connectivity index (χ2n) is 8.86. The molecule has 1 aromatic carbocycles. The number of benzene rings is 1. The van der Waals surface area contributed by atoms with Crippen molar-refractivity contribution in [3.05, 3.63) is 60.1 Å². The Labute approximate surface area is 182 Å². The Morgan fingerprint density at radius 2 is 1.94 bits per heavy atom. The number of ether oxygens (including phenoxy) is 1. The van der Waals surface area contributed by atoms with Crippen LogP contribution in [0, 0.1) is 5.41 Å². The monoisotopic (exact) mass is 426 g/mol. The summed E-state index contributed by atoms with van der Waals surface area (Å²) in [6.07, 6.45) is 4.47. The Bertz CT molecular complexity index is 892. The molecule has 2 N–H and O–H groups in total. The second kappa shape index (κ2) is 9.92. The van der Waals surface area contributed by atoms with Gasteiger partial charge in [-0.25, -0.2) is 0 Å². The maximum absolute atomic E-state index is 13.1. The summed E-state index contributed by atoms with van der Waals surface area (Å²) in [4.78, 5) is 37.8. The van der Waals surface area contributed by atoms with E-state index in [0.717, 1.165) is 12.8 Å². The fraction of sp³-hybridized carbons (Fsp3) is 0.458. The third-order valence-electron chi connectivity index (χ3n) is 5.70. The van der Waals surface area contributed by atoms with Crippen LogP contribution >= 0.6 is 0 Å². The van der Waals surface area contributed by atoms with Crippen molar-refractivity contribution in [2.75, 3.05) is 6.61 Å². The van der Waals surface area contributed by atoms with E-state index in [1.54, 1.807) is 13.0 Å². The predicted molar refractivity (Wildman–Crippen MR) is 115 cm³/mol. The molecule has 3 atom stereocenters. The highest BCUT2D eigenvalue weighted by Gasteiger charge is 2.37. The minimum absolute atomic E-state index is 0.0132. The summed E-state index contributed by atoms with van der Waals surface area (Å²) >= 11 is 0. The van der Waals surface area contributed by atoms with Crippen molar-refractivity contribution >= 4 is 17.6 Å². The fourth-order valence-corrected chi connectivity index (χ4v) is 3.74. The Morgan fingerprint density at radius 3 is 2.55 bits per heavy atom. The summed E-state index contributed by atoms with van der Waals surface area (Å²) < 4.78 is 10.3. The van der Waals surface area contributed by atoms with Crippen molar-refractivity contribution in [1.82, 2.24) is 10.6 Å². The van der Waals surface area contributed by atoms with E-state index in [2.05, 4.69) is 36.6 Å². The molecule has 1 saturated heterocycles. The maximum atomic E-state index is 13.1. The van der Waals surface area contributed by atoms with E-state index < -0.39 is 24.1 Å². The highest BCUT2D eigenvalue weighted by Crippen LogP contribution is 2.29. The van der Waals surface area contributed by atoms with Gasteiger partial charge in [0.25, 0.3) is 5.91 Å². The molecule has 31 heavy (non-hydrogen) atoms. The van der Waals surface area contributed by atoms with Crippen LogP contribution in [-0.2, 0) is 20.7 Å². The van der Waals surface area contributed by atoms with Gasteiger partial charge in [-0.05, 0) is 43.2 Å². The first-order valence-electron chi connectivity index (χ1n) is 10.6. The molecule has 0 unspecified atom stereocenters. The van der Waals surface area contributed by atoms with Gasteiger partial charge < -0.3 is 19.8 Å². The Morgan fingerprint density at radius 1 is 1.19 bits per heavy atom. The van der Waals surface area contributed by atoms with E-state index in [0.29, 0.717) is 12.0 Å². The molecule has 2 heterocycles. The molecule has 1 aliphatic heterocycles. The number of aryl methyl sites for hydroxylation is 1. The van der Waals surface area contributed by atoms with E-state index in [1.165, 1.54) is 18.1 Å². The number of ketones is 1. The van der Waals surface area contributed by atoms with E-state index in [4.69, 9.17) is 9.15 Å². The molecular weight excluding hydrogens is 396 g/mol. The normalized spacial score (nSPS) is 19.8. The Kier molecular flexibility index (Phi) is 7.28.